The molecule has 13 heavy (non-hydrogen) atoms. The van der Waals surface area contributed by atoms with Gasteiger partial charge in [0.25, 0.3) is 0 Å². The maximum atomic E-state index is 11.3. The van der Waals surface area contributed by atoms with Crippen molar-refractivity contribution in [2.75, 3.05) is 7.11 Å². The van der Waals surface area contributed by atoms with E-state index in [4.69, 9.17) is 0 Å². The zero-order valence-electron chi connectivity index (χ0n) is 8.67. The largest absolute Gasteiger partial charge is 0.469 e. The highest BCUT2D eigenvalue weighted by atomic mass is 16.5. The molecule has 0 fully saturated rings. The Morgan fingerprint density at radius 1 is 1.23 bits per heavy atom. The van der Waals surface area contributed by atoms with Crippen LogP contribution in [0.15, 0.2) is 0 Å². The van der Waals surface area contributed by atoms with Crippen molar-refractivity contribution in [2.24, 2.45) is 5.41 Å². The molecule has 0 aromatic heterocycles. The molecule has 4 nitrogen and oxygen atoms in total. The number of methoxy groups -OCH3 is 1. The van der Waals surface area contributed by atoms with E-state index in [1.165, 1.54) is 34.8 Å². The number of ether oxygens (including phenoxy) is 1. The second-order valence-electron chi connectivity index (χ2n) is 3.74. The van der Waals surface area contributed by atoms with E-state index in [1.54, 1.807) is 0 Å². The molecule has 0 aliphatic carbocycles. The van der Waals surface area contributed by atoms with Crippen molar-refractivity contribution < 1.29 is 19.4 Å². The third-order valence-corrected chi connectivity index (χ3v) is 2.60. The summed E-state index contributed by atoms with van der Waals surface area (Å²) in [5, 5.41) is 9.77. The van der Waals surface area contributed by atoms with E-state index >= 15 is 0 Å². The predicted molar refractivity (Wildman–Crippen MR) is 47.1 cm³/mol. The molecular formula is C9H16O4. The SMILES string of the molecule is COC(=O)C(C)(C)C(C)(O)C(C)=O. The molecule has 0 saturated carbocycles. The Labute approximate surface area is 77.9 Å². The summed E-state index contributed by atoms with van der Waals surface area (Å²) in [7, 11) is 1.22. The number of aliphatic hydroxyl groups is 1. The monoisotopic (exact) mass is 188 g/mol. The molecule has 0 rings (SSSR count). The summed E-state index contributed by atoms with van der Waals surface area (Å²) in [6.45, 7) is 5.50. The van der Waals surface area contributed by atoms with Gasteiger partial charge in [-0.1, -0.05) is 0 Å². The molecule has 0 aromatic carbocycles. The van der Waals surface area contributed by atoms with Crippen molar-refractivity contribution >= 4 is 11.8 Å². The minimum absolute atomic E-state index is 0.456. The summed E-state index contributed by atoms with van der Waals surface area (Å²) < 4.78 is 4.50. The van der Waals surface area contributed by atoms with Crippen LogP contribution in [-0.4, -0.2) is 29.6 Å². The van der Waals surface area contributed by atoms with Crippen LogP contribution in [0.1, 0.15) is 27.7 Å². The van der Waals surface area contributed by atoms with Gasteiger partial charge in [-0.25, -0.2) is 0 Å². The summed E-state index contributed by atoms with van der Waals surface area (Å²) >= 11 is 0. The van der Waals surface area contributed by atoms with Crippen LogP contribution in [0, 0.1) is 5.41 Å². The molecule has 1 unspecified atom stereocenters. The predicted octanol–water partition coefficient (Wildman–Crippen LogP) is 0.526. The Morgan fingerprint density at radius 3 is 1.85 bits per heavy atom. The number of hydrogen-bond acceptors (Lipinski definition) is 4. The van der Waals surface area contributed by atoms with E-state index in [1.807, 2.05) is 0 Å². The molecule has 0 aliphatic rings. The normalized spacial score (nSPS) is 16.2. The molecule has 1 atom stereocenters. The molecule has 0 radical (unpaired) electrons. The first kappa shape index (κ1) is 12.1. The van der Waals surface area contributed by atoms with Crippen molar-refractivity contribution in [3.8, 4) is 0 Å². The summed E-state index contributed by atoms with van der Waals surface area (Å²) in [4.78, 5) is 22.3. The van der Waals surface area contributed by atoms with E-state index in [0.29, 0.717) is 0 Å². The van der Waals surface area contributed by atoms with E-state index < -0.39 is 22.8 Å². The quantitative estimate of drug-likeness (QED) is 0.656. The Hall–Kier alpha value is -0.900. The number of carbonyl (C=O) groups excluding carboxylic acids is 2. The fourth-order valence-corrected chi connectivity index (χ4v) is 0.894. The highest BCUT2D eigenvalue weighted by Crippen LogP contribution is 2.32. The molecule has 0 aliphatic heterocycles. The van der Waals surface area contributed by atoms with Gasteiger partial charge in [0.05, 0.1) is 12.5 Å². The number of rotatable bonds is 3. The van der Waals surface area contributed by atoms with E-state index in [2.05, 4.69) is 4.74 Å². The van der Waals surface area contributed by atoms with Gasteiger partial charge in [0.15, 0.2) is 5.78 Å². The third kappa shape index (κ3) is 1.88. The van der Waals surface area contributed by atoms with E-state index in [9.17, 15) is 14.7 Å². The molecule has 1 N–H and O–H groups in total. The lowest BCUT2D eigenvalue weighted by molar-refractivity contribution is -0.172. The lowest BCUT2D eigenvalue weighted by Gasteiger charge is -2.35. The number of ketones is 1. The fraction of sp³-hybridized carbons (Fsp3) is 0.778. The molecule has 0 heterocycles. The molecule has 0 aromatic rings. The minimum atomic E-state index is -1.69. The van der Waals surface area contributed by atoms with Crippen LogP contribution < -0.4 is 0 Å². The molecular weight excluding hydrogens is 172 g/mol. The Balaban J connectivity index is 5.02. The first-order valence-electron chi connectivity index (χ1n) is 3.99. The van der Waals surface area contributed by atoms with Gasteiger partial charge in [-0.2, -0.15) is 0 Å². The van der Waals surface area contributed by atoms with Crippen molar-refractivity contribution in [1.82, 2.24) is 0 Å². The zero-order valence-corrected chi connectivity index (χ0v) is 8.67. The maximum Gasteiger partial charge on any atom is 0.314 e. The van der Waals surface area contributed by atoms with E-state index in [-0.39, 0.29) is 0 Å². The van der Waals surface area contributed by atoms with Crippen LogP contribution in [0.5, 0.6) is 0 Å². The Kier molecular flexibility index (Phi) is 3.22. The van der Waals surface area contributed by atoms with Crippen LogP contribution in [0.2, 0.25) is 0 Å². The Morgan fingerprint density at radius 2 is 1.62 bits per heavy atom. The number of Topliss-reactive ketones (excluding diaryl/α,β-unsaturated/α-hetero) is 1. The molecule has 0 bridgehead atoms. The number of hydrogen-bond donors (Lipinski definition) is 1. The first-order valence-corrected chi connectivity index (χ1v) is 3.99. The smallest absolute Gasteiger partial charge is 0.314 e. The van der Waals surface area contributed by atoms with Gasteiger partial charge >= 0.3 is 5.97 Å². The van der Waals surface area contributed by atoms with Crippen LogP contribution in [0.25, 0.3) is 0 Å². The van der Waals surface area contributed by atoms with Gasteiger partial charge < -0.3 is 9.84 Å². The van der Waals surface area contributed by atoms with Gasteiger partial charge in [-0.15, -0.1) is 0 Å². The van der Waals surface area contributed by atoms with Crippen molar-refractivity contribution in [3.05, 3.63) is 0 Å². The van der Waals surface area contributed by atoms with Gasteiger partial charge in [0.1, 0.15) is 5.60 Å². The summed E-state index contributed by atoms with van der Waals surface area (Å²) in [5.74, 6) is -1.06. The van der Waals surface area contributed by atoms with Crippen LogP contribution in [-0.2, 0) is 14.3 Å². The topological polar surface area (TPSA) is 63.6 Å². The third-order valence-electron chi connectivity index (χ3n) is 2.60. The summed E-state index contributed by atoms with van der Waals surface area (Å²) in [6.07, 6.45) is 0. The lowest BCUT2D eigenvalue weighted by atomic mass is 9.74. The second kappa shape index (κ2) is 3.46. The lowest BCUT2D eigenvalue weighted by Crippen LogP contribution is -2.52. The molecule has 0 saturated heterocycles. The van der Waals surface area contributed by atoms with Gasteiger partial charge in [0, 0.05) is 0 Å². The van der Waals surface area contributed by atoms with Crippen LogP contribution in [0.4, 0.5) is 0 Å². The number of carbonyl (C=O) groups is 2. The zero-order chi connectivity index (χ0) is 10.9. The summed E-state index contributed by atoms with van der Waals surface area (Å²) in [5.41, 5.74) is -2.92. The van der Waals surface area contributed by atoms with Crippen LogP contribution >= 0.6 is 0 Å². The highest BCUT2D eigenvalue weighted by molar-refractivity contribution is 5.92. The minimum Gasteiger partial charge on any atom is -0.469 e. The average molecular weight is 188 g/mol. The number of esters is 1. The second-order valence-corrected chi connectivity index (χ2v) is 3.74. The van der Waals surface area contributed by atoms with Gasteiger partial charge in [-0.3, -0.25) is 9.59 Å². The van der Waals surface area contributed by atoms with Crippen LogP contribution in [0.3, 0.4) is 0 Å². The Bertz CT molecular complexity index is 228. The molecule has 76 valence electrons. The fourth-order valence-electron chi connectivity index (χ4n) is 0.894. The standard InChI is InChI=1S/C9H16O4/c1-6(10)9(4,12)8(2,3)7(11)13-5/h12H,1-5H3. The molecule has 4 heteroatoms. The molecule has 0 amide bonds. The molecule has 0 spiro atoms. The van der Waals surface area contributed by atoms with Crippen molar-refractivity contribution in [1.29, 1.82) is 0 Å². The van der Waals surface area contributed by atoms with E-state index in [0.717, 1.165) is 0 Å². The maximum absolute atomic E-state index is 11.3. The summed E-state index contributed by atoms with van der Waals surface area (Å²) in [6, 6.07) is 0. The highest BCUT2D eigenvalue weighted by Gasteiger charge is 2.49. The average Bonchev–Trinajstić information content (AvgIpc) is 2.02. The first-order chi connectivity index (χ1) is 5.67. The van der Waals surface area contributed by atoms with Gasteiger partial charge in [0.2, 0.25) is 0 Å². The van der Waals surface area contributed by atoms with Crippen molar-refractivity contribution in [3.63, 3.8) is 0 Å². The van der Waals surface area contributed by atoms with Crippen molar-refractivity contribution in [2.45, 2.75) is 33.3 Å². The van der Waals surface area contributed by atoms with Gasteiger partial charge in [-0.05, 0) is 27.7 Å².